The number of carbonyl (C=O) groups is 3. The lowest BCUT2D eigenvalue weighted by Crippen LogP contribution is -2.52. The molecule has 1 aromatic carbocycles. The van der Waals surface area contributed by atoms with Crippen LogP contribution in [0.2, 0.25) is 18.6 Å². The molecule has 0 aliphatic heterocycles. The van der Waals surface area contributed by atoms with E-state index in [1.807, 2.05) is 30.3 Å². The van der Waals surface area contributed by atoms with Crippen LogP contribution in [-0.4, -0.2) is 39.0 Å². The molecule has 0 heterocycles. The highest BCUT2D eigenvalue weighted by Gasteiger charge is 2.47. The Morgan fingerprint density at radius 3 is 1.82 bits per heavy atom. The van der Waals surface area contributed by atoms with Gasteiger partial charge in [-0.25, -0.2) is 0 Å². The molecule has 0 aliphatic carbocycles. The number of hydrogen-bond donors (Lipinski definition) is 0. The molecule has 0 spiro atoms. The van der Waals surface area contributed by atoms with Crippen LogP contribution in [0.3, 0.4) is 0 Å². The van der Waals surface area contributed by atoms with E-state index in [-0.39, 0.29) is 25.4 Å². The van der Waals surface area contributed by atoms with Crippen molar-refractivity contribution in [2.45, 2.75) is 97.2 Å². The molecule has 0 aromatic heterocycles. The van der Waals surface area contributed by atoms with Gasteiger partial charge < -0.3 is 9.47 Å². The van der Waals surface area contributed by atoms with Crippen molar-refractivity contribution < 1.29 is 23.9 Å². The minimum absolute atomic E-state index is 0.115. The second kappa shape index (κ2) is 15.8. The van der Waals surface area contributed by atoms with Crippen molar-refractivity contribution in [3.05, 3.63) is 30.3 Å². The van der Waals surface area contributed by atoms with Crippen LogP contribution >= 0.6 is 0 Å². The average Bonchev–Trinajstić information content (AvgIpc) is 2.79. The van der Waals surface area contributed by atoms with Crippen molar-refractivity contribution in [3.63, 3.8) is 0 Å². The molecule has 1 atom stereocenters. The van der Waals surface area contributed by atoms with E-state index >= 15 is 0 Å². The smallest absolute Gasteiger partial charge is 0.320 e. The maximum atomic E-state index is 13.1. The average molecular weight is 477 g/mol. The number of esters is 2. The number of Topliss-reactive ketones (excluding diaryl/α,β-unsaturated/α-hetero) is 1. The molecule has 6 heteroatoms. The van der Waals surface area contributed by atoms with E-state index in [4.69, 9.17) is 9.47 Å². The van der Waals surface area contributed by atoms with Gasteiger partial charge in [0.05, 0.1) is 21.3 Å². The van der Waals surface area contributed by atoms with E-state index in [0.717, 1.165) is 24.4 Å². The molecule has 0 saturated carbocycles. The number of ether oxygens (including phenoxy) is 2. The molecule has 0 bridgehead atoms. The Hall–Kier alpha value is -1.95. The fourth-order valence-electron chi connectivity index (χ4n) is 4.39. The number of benzene rings is 1. The largest absolute Gasteiger partial charge is 0.465 e. The van der Waals surface area contributed by atoms with Gasteiger partial charge in [0.15, 0.2) is 5.92 Å². The van der Waals surface area contributed by atoms with Crippen molar-refractivity contribution in [2.24, 2.45) is 5.92 Å². The van der Waals surface area contributed by atoms with Crippen LogP contribution in [0.1, 0.15) is 78.6 Å². The van der Waals surface area contributed by atoms with Gasteiger partial charge in [-0.15, -0.1) is 0 Å². The highest BCUT2D eigenvalue weighted by atomic mass is 28.3. The second-order valence-electron chi connectivity index (χ2n) is 9.29. The molecule has 0 fully saturated rings. The van der Waals surface area contributed by atoms with Gasteiger partial charge in [-0.2, -0.15) is 0 Å². The first-order valence-corrected chi connectivity index (χ1v) is 15.8. The highest BCUT2D eigenvalue weighted by molar-refractivity contribution is 6.91. The number of carbonyl (C=O) groups excluding carboxylic acids is 3. The van der Waals surface area contributed by atoms with Crippen LogP contribution in [0.5, 0.6) is 0 Å². The van der Waals surface area contributed by atoms with Crippen LogP contribution in [0.15, 0.2) is 30.3 Å². The van der Waals surface area contributed by atoms with Crippen molar-refractivity contribution >= 4 is 31.0 Å². The van der Waals surface area contributed by atoms with Gasteiger partial charge in [0.25, 0.3) is 0 Å². The highest BCUT2D eigenvalue weighted by Crippen LogP contribution is 2.36. The third kappa shape index (κ3) is 9.83. The minimum Gasteiger partial charge on any atom is -0.465 e. The quantitative estimate of drug-likeness (QED) is 0.123. The van der Waals surface area contributed by atoms with E-state index in [0.29, 0.717) is 6.42 Å². The monoisotopic (exact) mass is 476 g/mol. The van der Waals surface area contributed by atoms with Crippen molar-refractivity contribution in [1.29, 1.82) is 0 Å². The topological polar surface area (TPSA) is 69.7 Å². The predicted molar refractivity (Wildman–Crippen MR) is 136 cm³/mol. The molecule has 0 saturated heterocycles. The number of ketones is 1. The van der Waals surface area contributed by atoms with Gasteiger partial charge in [-0.1, -0.05) is 94.1 Å². The van der Waals surface area contributed by atoms with Crippen molar-refractivity contribution in [1.82, 2.24) is 0 Å². The van der Waals surface area contributed by atoms with Crippen LogP contribution in [-0.2, 0) is 23.9 Å². The molecule has 0 N–H and O–H groups in total. The fraction of sp³-hybridized carbons (Fsp3) is 0.667. The Morgan fingerprint density at radius 1 is 0.788 bits per heavy atom. The van der Waals surface area contributed by atoms with Crippen LogP contribution < -0.4 is 5.19 Å². The summed E-state index contributed by atoms with van der Waals surface area (Å²) >= 11 is 0. The SMILES string of the molecule is CCCCCCCCCC(=O)C[C@@H](C(C(=O)OCC)C(=O)OCC)[Si](C)(C)c1ccccc1. The van der Waals surface area contributed by atoms with E-state index < -0.39 is 31.5 Å². The maximum absolute atomic E-state index is 13.1. The molecule has 5 nitrogen and oxygen atoms in total. The lowest BCUT2D eigenvalue weighted by molar-refractivity contribution is -0.161. The van der Waals surface area contributed by atoms with Gasteiger partial charge in [-0.05, 0) is 25.8 Å². The van der Waals surface area contributed by atoms with Crippen LogP contribution in [0.4, 0.5) is 0 Å². The molecule has 0 aliphatic rings. The Bertz CT molecular complexity index is 698. The molecule has 1 aromatic rings. The normalized spacial score (nSPS) is 12.4. The van der Waals surface area contributed by atoms with Gasteiger partial charge in [0.2, 0.25) is 0 Å². The molecule has 186 valence electrons. The Kier molecular flexibility index (Phi) is 13.9. The molecular weight excluding hydrogens is 432 g/mol. The van der Waals surface area contributed by atoms with Crippen LogP contribution in [0.25, 0.3) is 0 Å². The maximum Gasteiger partial charge on any atom is 0.320 e. The first-order valence-electron chi connectivity index (χ1n) is 12.7. The van der Waals surface area contributed by atoms with Crippen molar-refractivity contribution in [2.75, 3.05) is 13.2 Å². The summed E-state index contributed by atoms with van der Waals surface area (Å²) in [6.07, 6.45) is 8.69. The third-order valence-electron chi connectivity index (χ3n) is 6.43. The van der Waals surface area contributed by atoms with E-state index in [1.54, 1.807) is 13.8 Å². The van der Waals surface area contributed by atoms with Crippen molar-refractivity contribution in [3.8, 4) is 0 Å². The summed E-state index contributed by atoms with van der Waals surface area (Å²) in [6, 6.07) is 9.94. The molecule has 0 radical (unpaired) electrons. The predicted octanol–water partition coefficient (Wildman–Crippen LogP) is 5.81. The zero-order valence-corrected chi connectivity index (χ0v) is 22.4. The third-order valence-corrected chi connectivity index (χ3v) is 10.6. The van der Waals surface area contributed by atoms with Gasteiger partial charge in [0, 0.05) is 12.8 Å². The molecule has 0 amide bonds. The first-order chi connectivity index (χ1) is 15.8. The van der Waals surface area contributed by atoms with Gasteiger partial charge in [-0.3, -0.25) is 14.4 Å². The zero-order chi connectivity index (χ0) is 24.7. The number of unbranched alkanes of at least 4 members (excludes halogenated alkanes) is 6. The Labute approximate surface area is 201 Å². The van der Waals surface area contributed by atoms with E-state index in [1.165, 1.54) is 25.7 Å². The van der Waals surface area contributed by atoms with Gasteiger partial charge >= 0.3 is 11.9 Å². The van der Waals surface area contributed by atoms with E-state index in [2.05, 4.69) is 20.0 Å². The standard InChI is InChI=1S/C27H44O5Si/c1-6-9-10-11-12-13-15-18-22(28)21-24(33(4,5)23-19-16-14-17-20-23)25(26(29)31-7-2)27(30)32-8-3/h14,16-17,19-20,24-25H,6-13,15,18,21H2,1-5H3/t24-/m0/s1. The second-order valence-corrected chi connectivity index (χ2v) is 14.1. The summed E-state index contributed by atoms with van der Waals surface area (Å²) in [5.74, 6) is -2.13. The lowest BCUT2D eigenvalue weighted by atomic mass is 9.98. The Balaban J connectivity index is 3.05. The summed E-state index contributed by atoms with van der Waals surface area (Å²) in [7, 11) is -2.41. The minimum atomic E-state index is -2.41. The lowest BCUT2D eigenvalue weighted by Gasteiger charge is -2.36. The number of rotatable bonds is 17. The van der Waals surface area contributed by atoms with Gasteiger partial charge in [0.1, 0.15) is 5.78 Å². The molecule has 0 unspecified atom stereocenters. The fourth-order valence-corrected chi connectivity index (χ4v) is 7.71. The number of hydrogen-bond acceptors (Lipinski definition) is 5. The molecular formula is C27H44O5Si. The summed E-state index contributed by atoms with van der Waals surface area (Å²) in [5, 5.41) is 1.11. The summed E-state index contributed by atoms with van der Waals surface area (Å²) < 4.78 is 10.6. The summed E-state index contributed by atoms with van der Waals surface area (Å²) in [4.78, 5) is 38.9. The molecule has 33 heavy (non-hydrogen) atoms. The summed E-state index contributed by atoms with van der Waals surface area (Å²) in [6.45, 7) is 10.3. The summed E-state index contributed by atoms with van der Waals surface area (Å²) in [5.41, 5.74) is -0.421. The zero-order valence-electron chi connectivity index (χ0n) is 21.4. The Morgan fingerprint density at radius 2 is 1.30 bits per heavy atom. The van der Waals surface area contributed by atoms with Crippen LogP contribution in [0, 0.1) is 5.92 Å². The molecule has 1 rings (SSSR count). The van der Waals surface area contributed by atoms with E-state index in [9.17, 15) is 14.4 Å². The first kappa shape index (κ1) is 29.1.